The standard InChI is InChI=1S/C15H15FO3/c16-12-8-5-11(6-9-12)7-10-15(18)19-14-4-2-1-3-13(14)17/h5-10,14H,1-4H2/b10-7+. The van der Waals surface area contributed by atoms with E-state index in [1.54, 1.807) is 12.1 Å². The Balaban J connectivity index is 1.90. The molecule has 0 amide bonds. The van der Waals surface area contributed by atoms with Crippen molar-refractivity contribution in [1.82, 2.24) is 0 Å². The molecule has 1 saturated carbocycles. The van der Waals surface area contributed by atoms with Crippen molar-refractivity contribution in [3.05, 3.63) is 41.7 Å². The molecule has 1 atom stereocenters. The Kier molecular flexibility index (Phi) is 4.44. The lowest BCUT2D eigenvalue weighted by molar-refractivity contribution is -0.152. The third-order valence-corrected chi connectivity index (χ3v) is 3.04. The second-order valence-corrected chi connectivity index (χ2v) is 4.52. The molecule has 0 radical (unpaired) electrons. The van der Waals surface area contributed by atoms with E-state index >= 15 is 0 Å². The molecule has 1 aromatic rings. The van der Waals surface area contributed by atoms with Gasteiger partial charge in [0.2, 0.25) is 0 Å². The van der Waals surface area contributed by atoms with Crippen molar-refractivity contribution in [2.24, 2.45) is 0 Å². The quantitative estimate of drug-likeness (QED) is 0.621. The maximum Gasteiger partial charge on any atom is 0.331 e. The number of hydrogen-bond acceptors (Lipinski definition) is 3. The van der Waals surface area contributed by atoms with Crippen molar-refractivity contribution in [2.75, 3.05) is 0 Å². The monoisotopic (exact) mass is 262 g/mol. The van der Waals surface area contributed by atoms with Crippen molar-refractivity contribution >= 4 is 17.8 Å². The summed E-state index contributed by atoms with van der Waals surface area (Å²) in [4.78, 5) is 23.1. The van der Waals surface area contributed by atoms with E-state index in [4.69, 9.17) is 4.74 Å². The fourth-order valence-electron chi connectivity index (χ4n) is 1.99. The van der Waals surface area contributed by atoms with Crippen molar-refractivity contribution in [2.45, 2.75) is 31.8 Å². The number of hydrogen-bond donors (Lipinski definition) is 0. The van der Waals surface area contributed by atoms with Gasteiger partial charge >= 0.3 is 5.97 Å². The summed E-state index contributed by atoms with van der Waals surface area (Å²) < 4.78 is 17.8. The number of esters is 1. The van der Waals surface area contributed by atoms with Crippen LogP contribution in [0.2, 0.25) is 0 Å². The molecule has 1 unspecified atom stereocenters. The van der Waals surface area contributed by atoms with Crippen LogP contribution in [-0.2, 0) is 14.3 Å². The van der Waals surface area contributed by atoms with Crippen molar-refractivity contribution in [3.8, 4) is 0 Å². The lowest BCUT2D eigenvalue weighted by Gasteiger charge is -2.19. The van der Waals surface area contributed by atoms with Gasteiger partial charge in [-0.15, -0.1) is 0 Å². The predicted molar refractivity (Wildman–Crippen MR) is 68.8 cm³/mol. The Morgan fingerprint density at radius 2 is 2.00 bits per heavy atom. The van der Waals surface area contributed by atoms with Crippen LogP contribution in [0.5, 0.6) is 0 Å². The van der Waals surface area contributed by atoms with Gasteiger partial charge in [0, 0.05) is 12.5 Å². The van der Waals surface area contributed by atoms with Gasteiger partial charge in [-0.05, 0) is 43.0 Å². The SMILES string of the molecule is O=C(/C=C/c1ccc(F)cc1)OC1CCCCC1=O. The predicted octanol–water partition coefficient (Wildman–Crippen LogP) is 2.89. The van der Waals surface area contributed by atoms with Gasteiger partial charge in [0.05, 0.1) is 0 Å². The maximum absolute atomic E-state index is 12.7. The molecule has 0 N–H and O–H groups in total. The summed E-state index contributed by atoms with van der Waals surface area (Å²) >= 11 is 0. The Morgan fingerprint density at radius 3 is 2.68 bits per heavy atom. The Bertz CT molecular complexity index is 491. The van der Waals surface area contributed by atoms with E-state index in [2.05, 4.69) is 0 Å². The number of carbonyl (C=O) groups is 2. The fraction of sp³-hybridized carbons (Fsp3) is 0.333. The Hall–Kier alpha value is -1.97. The molecule has 0 aromatic heterocycles. The van der Waals surface area contributed by atoms with Gasteiger partial charge in [-0.2, -0.15) is 0 Å². The summed E-state index contributed by atoms with van der Waals surface area (Å²) in [6.45, 7) is 0. The van der Waals surface area contributed by atoms with Crippen LogP contribution >= 0.6 is 0 Å². The molecule has 0 aliphatic heterocycles. The van der Waals surface area contributed by atoms with Crippen LogP contribution in [0.1, 0.15) is 31.2 Å². The van der Waals surface area contributed by atoms with Crippen LogP contribution < -0.4 is 0 Å². The van der Waals surface area contributed by atoms with Gasteiger partial charge in [0.1, 0.15) is 5.82 Å². The van der Waals surface area contributed by atoms with Crippen LogP contribution in [0.4, 0.5) is 4.39 Å². The molecule has 1 fully saturated rings. The van der Waals surface area contributed by atoms with E-state index < -0.39 is 12.1 Å². The van der Waals surface area contributed by atoms with Gasteiger partial charge in [-0.3, -0.25) is 4.79 Å². The minimum atomic E-state index is -0.598. The van der Waals surface area contributed by atoms with Gasteiger partial charge in [-0.25, -0.2) is 9.18 Å². The molecular formula is C15H15FO3. The molecule has 4 heteroatoms. The van der Waals surface area contributed by atoms with Crippen molar-refractivity contribution in [1.29, 1.82) is 0 Å². The van der Waals surface area contributed by atoms with E-state index in [0.29, 0.717) is 18.4 Å². The number of rotatable bonds is 3. The average molecular weight is 262 g/mol. The summed E-state index contributed by atoms with van der Waals surface area (Å²) in [6.07, 6.45) is 5.07. The van der Waals surface area contributed by atoms with Gasteiger partial charge < -0.3 is 4.74 Å². The second-order valence-electron chi connectivity index (χ2n) is 4.52. The number of ketones is 1. The molecule has 19 heavy (non-hydrogen) atoms. The van der Waals surface area contributed by atoms with Gasteiger partial charge in [-0.1, -0.05) is 12.1 Å². The first-order valence-electron chi connectivity index (χ1n) is 6.32. The number of Topliss-reactive ketones (excluding diaryl/α,β-unsaturated/α-hetero) is 1. The molecule has 2 rings (SSSR count). The van der Waals surface area contributed by atoms with E-state index in [1.165, 1.54) is 24.3 Å². The zero-order chi connectivity index (χ0) is 13.7. The molecule has 0 spiro atoms. The summed E-state index contributed by atoms with van der Waals surface area (Å²) in [5.74, 6) is -0.869. The normalized spacial score (nSPS) is 19.6. The smallest absolute Gasteiger partial charge is 0.331 e. The topological polar surface area (TPSA) is 43.4 Å². The van der Waals surface area contributed by atoms with E-state index in [1.807, 2.05) is 0 Å². The highest BCUT2D eigenvalue weighted by Gasteiger charge is 2.24. The largest absolute Gasteiger partial charge is 0.451 e. The van der Waals surface area contributed by atoms with Crippen LogP contribution in [0.15, 0.2) is 30.3 Å². The summed E-state index contributed by atoms with van der Waals surface area (Å²) in [6, 6.07) is 5.75. The molecule has 100 valence electrons. The Labute approximate surface area is 111 Å². The minimum absolute atomic E-state index is 0.00483. The highest BCUT2D eigenvalue weighted by atomic mass is 19.1. The molecular weight excluding hydrogens is 247 g/mol. The van der Waals surface area contributed by atoms with Crippen LogP contribution in [-0.4, -0.2) is 17.9 Å². The molecule has 0 bridgehead atoms. The fourth-order valence-corrected chi connectivity index (χ4v) is 1.99. The molecule has 3 nitrogen and oxygen atoms in total. The lowest BCUT2D eigenvalue weighted by atomic mass is 9.96. The number of benzene rings is 1. The number of halogens is 1. The van der Waals surface area contributed by atoms with Crippen molar-refractivity contribution in [3.63, 3.8) is 0 Å². The van der Waals surface area contributed by atoms with Crippen molar-refractivity contribution < 1.29 is 18.7 Å². The Morgan fingerprint density at radius 1 is 1.26 bits per heavy atom. The minimum Gasteiger partial charge on any atom is -0.451 e. The van der Waals surface area contributed by atoms with Crippen LogP contribution in [0.25, 0.3) is 6.08 Å². The molecule has 1 aliphatic carbocycles. The molecule has 0 saturated heterocycles. The third-order valence-electron chi connectivity index (χ3n) is 3.04. The summed E-state index contributed by atoms with van der Waals surface area (Å²) in [5, 5.41) is 0. The number of ether oxygens (including phenoxy) is 1. The third kappa shape index (κ3) is 4.02. The van der Waals surface area contributed by atoms with Gasteiger partial charge in [0.15, 0.2) is 11.9 Å². The molecule has 0 heterocycles. The zero-order valence-corrected chi connectivity index (χ0v) is 10.5. The highest BCUT2D eigenvalue weighted by molar-refractivity contribution is 5.91. The highest BCUT2D eigenvalue weighted by Crippen LogP contribution is 2.17. The average Bonchev–Trinajstić information content (AvgIpc) is 2.41. The first-order valence-corrected chi connectivity index (χ1v) is 6.32. The maximum atomic E-state index is 12.7. The summed E-state index contributed by atoms with van der Waals surface area (Å²) in [7, 11) is 0. The van der Waals surface area contributed by atoms with Crippen LogP contribution in [0.3, 0.4) is 0 Å². The first-order chi connectivity index (χ1) is 9.15. The molecule has 1 aliphatic rings. The van der Waals surface area contributed by atoms with E-state index in [9.17, 15) is 14.0 Å². The zero-order valence-electron chi connectivity index (χ0n) is 10.5. The summed E-state index contributed by atoms with van der Waals surface area (Å²) in [5.41, 5.74) is 0.702. The van der Waals surface area contributed by atoms with E-state index in [0.717, 1.165) is 12.8 Å². The first kappa shape index (κ1) is 13.5. The molecule has 1 aromatic carbocycles. The van der Waals surface area contributed by atoms with E-state index in [-0.39, 0.29) is 11.6 Å². The van der Waals surface area contributed by atoms with Crippen LogP contribution in [0, 0.1) is 5.82 Å². The second kappa shape index (κ2) is 6.27. The number of carbonyl (C=O) groups excluding carboxylic acids is 2. The lowest BCUT2D eigenvalue weighted by Crippen LogP contribution is -2.29. The van der Waals surface area contributed by atoms with Gasteiger partial charge in [0.25, 0.3) is 0 Å².